The lowest BCUT2D eigenvalue weighted by molar-refractivity contribution is -0.131. The summed E-state index contributed by atoms with van der Waals surface area (Å²) in [5.74, 6) is 1.31. The fraction of sp³-hybridized carbons (Fsp3) is 0.375. The lowest BCUT2D eigenvalue weighted by Crippen LogP contribution is -2.28. The molecule has 1 saturated carbocycles. The maximum Gasteiger partial charge on any atom is 0.226 e. The van der Waals surface area contributed by atoms with Crippen LogP contribution in [-0.2, 0) is 11.3 Å². The first-order chi connectivity index (χ1) is 10.0. The number of aromatic nitrogens is 1. The standard InChI is InChI=1S/C16H17ClN2O2/c1-10-7-13(18-21-10)9-19(2)16(20)15-8-14(15)11-3-5-12(17)6-4-11/h3-7,14-15H,8-9H2,1-2H3/t14-,15+/m1/s1. The van der Waals surface area contributed by atoms with Crippen molar-refractivity contribution in [1.82, 2.24) is 10.1 Å². The number of rotatable bonds is 4. The maximum absolute atomic E-state index is 12.4. The minimum Gasteiger partial charge on any atom is -0.361 e. The third kappa shape index (κ3) is 3.10. The van der Waals surface area contributed by atoms with Crippen molar-refractivity contribution in [3.05, 3.63) is 52.4 Å². The summed E-state index contributed by atoms with van der Waals surface area (Å²) in [5.41, 5.74) is 1.97. The van der Waals surface area contributed by atoms with Crippen LogP contribution in [0.15, 0.2) is 34.9 Å². The van der Waals surface area contributed by atoms with Crippen LogP contribution in [0, 0.1) is 12.8 Å². The van der Waals surface area contributed by atoms with E-state index >= 15 is 0 Å². The van der Waals surface area contributed by atoms with Gasteiger partial charge in [-0.2, -0.15) is 0 Å². The number of benzene rings is 1. The molecule has 1 aliphatic carbocycles. The summed E-state index contributed by atoms with van der Waals surface area (Å²) in [6.45, 7) is 2.33. The number of aryl methyl sites for hydroxylation is 1. The molecule has 1 aromatic carbocycles. The molecule has 5 heteroatoms. The predicted octanol–water partition coefficient (Wildman–Crippen LogP) is 3.40. The summed E-state index contributed by atoms with van der Waals surface area (Å²) < 4.78 is 5.02. The second-order valence-corrected chi connectivity index (χ2v) is 6.06. The zero-order valence-corrected chi connectivity index (χ0v) is 12.8. The molecule has 1 aliphatic rings. The van der Waals surface area contributed by atoms with Crippen molar-refractivity contribution in [2.45, 2.75) is 25.8 Å². The number of hydrogen-bond donors (Lipinski definition) is 0. The number of hydrogen-bond acceptors (Lipinski definition) is 3. The lowest BCUT2D eigenvalue weighted by Gasteiger charge is -2.15. The molecular weight excluding hydrogens is 288 g/mol. The molecule has 0 spiro atoms. The third-order valence-electron chi connectivity index (χ3n) is 3.86. The fourth-order valence-corrected chi connectivity index (χ4v) is 2.77. The molecule has 1 aromatic heterocycles. The van der Waals surface area contributed by atoms with Crippen LogP contribution in [0.5, 0.6) is 0 Å². The Balaban J connectivity index is 1.60. The normalized spacial score (nSPS) is 20.3. The highest BCUT2D eigenvalue weighted by atomic mass is 35.5. The number of amides is 1. The van der Waals surface area contributed by atoms with Gasteiger partial charge >= 0.3 is 0 Å². The highest BCUT2D eigenvalue weighted by molar-refractivity contribution is 6.30. The van der Waals surface area contributed by atoms with Gasteiger partial charge in [0.05, 0.1) is 6.54 Å². The molecule has 1 fully saturated rings. The molecule has 1 heterocycles. The van der Waals surface area contributed by atoms with Gasteiger partial charge in [0.15, 0.2) is 0 Å². The highest BCUT2D eigenvalue weighted by Gasteiger charge is 2.45. The van der Waals surface area contributed by atoms with E-state index in [1.165, 1.54) is 5.56 Å². The molecule has 110 valence electrons. The maximum atomic E-state index is 12.4. The first kappa shape index (κ1) is 14.1. The van der Waals surface area contributed by atoms with Crippen molar-refractivity contribution in [3.63, 3.8) is 0 Å². The monoisotopic (exact) mass is 304 g/mol. The van der Waals surface area contributed by atoms with Gasteiger partial charge in [0.25, 0.3) is 0 Å². The van der Waals surface area contributed by atoms with E-state index in [1.807, 2.05) is 44.3 Å². The van der Waals surface area contributed by atoms with Gasteiger partial charge in [0, 0.05) is 24.1 Å². The van der Waals surface area contributed by atoms with E-state index in [0.717, 1.165) is 22.9 Å². The van der Waals surface area contributed by atoms with Gasteiger partial charge < -0.3 is 9.42 Å². The smallest absolute Gasteiger partial charge is 0.226 e. The topological polar surface area (TPSA) is 46.3 Å². The summed E-state index contributed by atoms with van der Waals surface area (Å²) in [5, 5.41) is 4.64. The molecule has 2 aromatic rings. The average molecular weight is 305 g/mol. The van der Waals surface area contributed by atoms with Gasteiger partial charge in [-0.05, 0) is 37.0 Å². The summed E-state index contributed by atoms with van der Waals surface area (Å²) in [7, 11) is 1.81. The number of carbonyl (C=O) groups excluding carboxylic acids is 1. The minimum absolute atomic E-state index is 0.0733. The molecule has 0 saturated heterocycles. The van der Waals surface area contributed by atoms with Gasteiger partial charge in [-0.15, -0.1) is 0 Å². The van der Waals surface area contributed by atoms with Crippen LogP contribution in [0.2, 0.25) is 5.02 Å². The van der Waals surface area contributed by atoms with Crippen LogP contribution in [0.25, 0.3) is 0 Å². The second kappa shape index (κ2) is 5.53. The molecule has 4 nitrogen and oxygen atoms in total. The molecule has 21 heavy (non-hydrogen) atoms. The molecule has 0 N–H and O–H groups in total. The lowest BCUT2D eigenvalue weighted by atomic mass is 10.1. The van der Waals surface area contributed by atoms with Gasteiger partial charge in [-0.3, -0.25) is 4.79 Å². The van der Waals surface area contributed by atoms with Crippen molar-refractivity contribution in [2.75, 3.05) is 7.05 Å². The summed E-state index contributed by atoms with van der Waals surface area (Å²) in [6.07, 6.45) is 0.905. The van der Waals surface area contributed by atoms with E-state index in [4.69, 9.17) is 16.1 Å². The molecule has 0 unspecified atom stereocenters. The van der Waals surface area contributed by atoms with Crippen molar-refractivity contribution >= 4 is 17.5 Å². The molecule has 3 rings (SSSR count). The van der Waals surface area contributed by atoms with Gasteiger partial charge in [0.2, 0.25) is 5.91 Å². The summed E-state index contributed by atoms with van der Waals surface area (Å²) >= 11 is 5.89. The van der Waals surface area contributed by atoms with Gasteiger partial charge in [-0.25, -0.2) is 0 Å². The van der Waals surface area contributed by atoms with Crippen molar-refractivity contribution in [1.29, 1.82) is 0 Å². The Kier molecular flexibility index (Phi) is 3.72. The molecule has 0 aliphatic heterocycles. The number of halogens is 1. The van der Waals surface area contributed by atoms with Crippen LogP contribution < -0.4 is 0 Å². The van der Waals surface area contributed by atoms with Crippen LogP contribution >= 0.6 is 11.6 Å². The zero-order chi connectivity index (χ0) is 15.0. The highest BCUT2D eigenvalue weighted by Crippen LogP contribution is 2.48. The van der Waals surface area contributed by atoms with Crippen LogP contribution in [0.1, 0.15) is 29.4 Å². The number of nitrogens with zero attached hydrogens (tertiary/aromatic N) is 2. The van der Waals surface area contributed by atoms with E-state index < -0.39 is 0 Å². The number of carbonyl (C=O) groups is 1. The van der Waals surface area contributed by atoms with Crippen LogP contribution in [-0.4, -0.2) is 23.0 Å². The fourth-order valence-electron chi connectivity index (χ4n) is 2.64. The van der Waals surface area contributed by atoms with Gasteiger partial charge in [-0.1, -0.05) is 28.9 Å². The molecule has 2 atom stereocenters. The van der Waals surface area contributed by atoms with Crippen molar-refractivity contribution in [2.24, 2.45) is 5.92 Å². The summed E-state index contributed by atoms with van der Waals surface area (Å²) in [6, 6.07) is 9.60. The van der Waals surface area contributed by atoms with Crippen molar-refractivity contribution in [3.8, 4) is 0 Å². The van der Waals surface area contributed by atoms with E-state index in [0.29, 0.717) is 12.5 Å². The summed E-state index contributed by atoms with van der Waals surface area (Å²) in [4.78, 5) is 14.1. The quantitative estimate of drug-likeness (QED) is 0.869. The van der Waals surface area contributed by atoms with E-state index in [9.17, 15) is 4.79 Å². The first-order valence-corrected chi connectivity index (χ1v) is 7.35. The Morgan fingerprint density at radius 1 is 1.43 bits per heavy atom. The minimum atomic E-state index is 0.0733. The zero-order valence-electron chi connectivity index (χ0n) is 12.0. The van der Waals surface area contributed by atoms with Crippen molar-refractivity contribution < 1.29 is 9.32 Å². The van der Waals surface area contributed by atoms with E-state index in [2.05, 4.69) is 5.16 Å². The van der Waals surface area contributed by atoms with E-state index in [-0.39, 0.29) is 11.8 Å². The van der Waals surface area contributed by atoms with E-state index in [1.54, 1.807) is 4.90 Å². The predicted molar refractivity (Wildman–Crippen MR) is 80.0 cm³/mol. The Morgan fingerprint density at radius 3 is 2.76 bits per heavy atom. The van der Waals surface area contributed by atoms with Crippen LogP contribution in [0.3, 0.4) is 0 Å². The molecule has 1 amide bonds. The Hall–Kier alpha value is -1.81. The Morgan fingerprint density at radius 2 is 2.14 bits per heavy atom. The third-order valence-corrected chi connectivity index (χ3v) is 4.11. The molecule has 0 radical (unpaired) electrons. The molecular formula is C16H17ClN2O2. The molecule has 0 bridgehead atoms. The first-order valence-electron chi connectivity index (χ1n) is 6.97. The Bertz CT molecular complexity index is 651. The largest absolute Gasteiger partial charge is 0.361 e. The van der Waals surface area contributed by atoms with Gasteiger partial charge in [0.1, 0.15) is 11.5 Å². The Labute approximate surface area is 128 Å². The second-order valence-electron chi connectivity index (χ2n) is 5.62. The SMILES string of the molecule is Cc1cc(CN(C)C(=O)[C@H]2C[C@@H]2c2ccc(Cl)cc2)no1. The average Bonchev–Trinajstić information content (AvgIpc) is 3.15. The van der Waals surface area contributed by atoms with Crippen LogP contribution in [0.4, 0.5) is 0 Å².